The minimum atomic E-state index is 0.234. The molecule has 1 atom stereocenters. The van der Waals surface area contributed by atoms with E-state index in [9.17, 15) is 0 Å². The topological polar surface area (TPSA) is 62.5 Å². The third kappa shape index (κ3) is 3.91. The molecule has 0 saturated heterocycles. The summed E-state index contributed by atoms with van der Waals surface area (Å²) in [6.45, 7) is 3.19. The first-order chi connectivity index (χ1) is 9.22. The van der Waals surface area contributed by atoms with E-state index in [1.165, 1.54) is 0 Å². The van der Waals surface area contributed by atoms with Gasteiger partial charge in [-0.05, 0) is 46.8 Å². The molecule has 0 aliphatic rings. The van der Waals surface area contributed by atoms with Gasteiger partial charge in [0, 0.05) is 23.8 Å². The maximum atomic E-state index is 9.04. The number of rotatable bonds is 7. The van der Waals surface area contributed by atoms with Crippen molar-refractivity contribution in [1.82, 2.24) is 14.6 Å². The molecule has 2 N–H and O–H groups in total. The van der Waals surface area contributed by atoms with Gasteiger partial charge in [-0.2, -0.15) is 4.98 Å². The smallest absolute Gasteiger partial charge is 0.243 e. The number of halogens is 1. The van der Waals surface area contributed by atoms with Crippen molar-refractivity contribution in [3.05, 3.63) is 22.8 Å². The molecular formula is C13H19BrN4O. The standard InChI is InChI=1S/C13H19BrN4O/c1-2-3-10(6-7-19)8-15-13-16-12-5-4-11(14)9-18(12)17-13/h4-5,9-10,19H,2-3,6-8H2,1H3,(H,15,17). The fourth-order valence-corrected chi connectivity index (χ4v) is 2.43. The van der Waals surface area contributed by atoms with E-state index in [0.717, 1.165) is 35.9 Å². The second kappa shape index (κ2) is 6.86. The summed E-state index contributed by atoms with van der Waals surface area (Å²) in [6.07, 6.45) is 4.93. The van der Waals surface area contributed by atoms with Crippen LogP contribution in [0.25, 0.3) is 5.65 Å². The Kier molecular flexibility index (Phi) is 5.15. The van der Waals surface area contributed by atoms with Crippen LogP contribution < -0.4 is 5.32 Å². The molecule has 0 radical (unpaired) electrons. The summed E-state index contributed by atoms with van der Waals surface area (Å²) in [4.78, 5) is 4.40. The number of nitrogens with zero attached hydrogens (tertiary/aromatic N) is 3. The first-order valence-corrected chi connectivity index (χ1v) is 7.39. The van der Waals surface area contributed by atoms with Crippen LogP contribution in [0.4, 0.5) is 5.95 Å². The highest BCUT2D eigenvalue weighted by atomic mass is 79.9. The van der Waals surface area contributed by atoms with E-state index in [1.807, 2.05) is 18.3 Å². The normalized spacial score (nSPS) is 12.8. The van der Waals surface area contributed by atoms with Crippen LogP contribution in [0.3, 0.4) is 0 Å². The molecule has 2 aromatic rings. The van der Waals surface area contributed by atoms with Gasteiger partial charge in [0.25, 0.3) is 0 Å². The molecule has 0 aliphatic heterocycles. The average Bonchev–Trinajstić information content (AvgIpc) is 2.78. The van der Waals surface area contributed by atoms with E-state index in [0.29, 0.717) is 11.9 Å². The van der Waals surface area contributed by atoms with Crippen molar-refractivity contribution in [2.45, 2.75) is 26.2 Å². The Labute approximate surface area is 121 Å². The average molecular weight is 327 g/mol. The second-order valence-electron chi connectivity index (χ2n) is 4.63. The van der Waals surface area contributed by atoms with Gasteiger partial charge in [-0.1, -0.05) is 13.3 Å². The lowest BCUT2D eigenvalue weighted by Gasteiger charge is -2.14. The highest BCUT2D eigenvalue weighted by Crippen LogP contribution is 2.14. The predicted octanol–water partition coefficient (Wildman–Crippen LogP) is 2.70. The van der Waals surface area contributed by atoms with E-state index in [-0.39, 0.29) is 6.61 Å². The van der Waals surface area contributed by atoms with Gasteiger partial charge < -0.3 is 10.4 Å². The molecule has 1 unspecified atom stereocenters. The SMILES string of the molecule is CCCC(CCO)CNc1nc2ccc(Br)cn2n1. The first kappa shape index (κ1) is 14.3. The summed E-state index contributed by atoms with van der Waals surface area (Å²) in [6, 6.07) is 3.86. The monoisotopic (exact) mass is 326 g/mol. The molecule has 0 spiro atoms. The number of aliphatic hydroxyl groups excluding tert-OH is 1. The summed E-state index contributed by atoms with van der Waals surface area (Å²) < 4.78 is 2.72. The Morgan fingerprint density at radius 3 is 3.00 bits per heavy atom. The van der Waals surface area contributed by atoms with Crippen molar-refractivity contribution in [1.29, 1.82) is 0 Å². The number of anilines is 1. The summed E-state index contributed by atoms with van der Waals surface area (Å²) in [5.74, 6) is 1.10. The van der Waals surface area contributed by atoms with Crippen molar-refractivity contribution < 1.29 is 5.11 Å². The molecule has 0 amide bonds. The maximum Gasteiger partial charge on any atom is 0.243 e. The van der Waals surface area contributed by atoms with E-state index in [2.05, 4.69) is 38.3 Å². The summed E-state index contributed by atoms with van der Waals surface area (Å²) >= 11 is 3.41. The summed E-state index contributed by atoms with van der Waals surface area (Å²) in [5, 5.41) is 16.7. The minimum Gasteiger partial charge on any atom is -0.396 e. The second-order valence-corrected chi connectivity index (χ2v) is 5.55. The Hall–Kier alpha value is -1.14. The molecular weight excluding hydrogens is 308 g/mol. The van der Waals surface area contributed by atoms with Gasteiger partial charge in [0.1, 0.15) is 0 Å². The lowest BCUT2D eigenvalue weighted by atomic mass is 10.0. The Morgan fingerprint density at radius 2 is 2.26 bits per heavy atom. The Bertz CT molecular complexity index is 522. The largest absolute Gasteiger partial charge is 0.396 e. The minimum absolute atomic E-state index is 0.234. The lowest BCUT2D eigenvalue weighted by Crippen LogP contribution is -2.16. The zero-order valence-corrected chi connectivity index (χ0v) is 12.6. The van der Waals surface area contributed by atoms with E-state index < -0.39 is 0 Å². The van der Waals surface area contributed by atoms with Crippen LogP contribution >= 0.6 is 15.9 Å². The highest BCUT2D eigenvalue weighted by molar-refractivity contribution is 9.10. The lowest BCUT2D eigenvalue weighted by molar-refractivity contribution is 0.255. The quantitative estimate of drug-likeness (QED) is 0.821. The van der Waals surface area contributed by atoms with E-state index in [1.54, 1.807) is 4.52 Å². The van der Waals surface area contributed by atoms with Crippen molar-refractivity contribution in [3.63, 3.8) is 0 Å². The number of aliphatic hydroxyl groups is 1. The molecule has 0 bridgehead atoms. The number of hydrogen-bond acceptors (Lipinski definition) is 4. The van der Waals surface area contributed by atoms with Gasteiger partial charge in [0.15, 0.2) is 5.65 Å². The number of pyridine rings is 1. The van der Waals surface area contributed by atoms with Crippen LogP contribution in [-0.4, -0.2) is 32.9 Å². The van der Waals surface area contributed by atoms with Crippen molar-refractivity contribution in [2.75, 3.05) is 18.5 Å². The van der Waals surface area contributed by atoms with Gasteiger partial charge in [0.2, 0.25) is 5.95 Å². The number of hydrogen-bond donors (Lipinski definition) is 2. The Morgan fingerprint density at radius 1 is 1.42 bits per heavy atom. The van der Waals surface area contributed by atoms with Gasteiger partial charge in [0.05, 0.1) is 0 Å². The highest BCUT2D eigenvalue weighted by Gasteiger charge is 2.09. The zero-order valence-electron chi connectivity index (χ0n) is 11.0. The van der Waals surface area contributed by atoms with Gasteiger partial charge in [-0.25, -0.2) is 4.52 Å². The number of nitrogens with one attached hydrogen (secondary N) is 1. The molecule has 5 nitrogen and oxygen atoms in total. The summed E-state index contributed by atoms with van der Waals surface area (Å²) in [5.41, 5.74) is 0.819. The Balaban J connectivity index is 2.00. The molecule has 104 valence electrons. The predicted molar refractivity (Wildman–Crippen MR) is 79.3 cm³/mol. The van der Waals surface area contributed by atoms with E-state index in [4.69, 9.17) is 5.11 Å². The van der Waals surface area contributed by atoms with Crippen molar-refractivity contribution in [3.8, 4) is 0 Å². The number of aromatic nitrogens is 3. The fourth-order valence-electron chi connectivity index (χ4n) is 2.11. The molecule has 2 rings (SSSR count). The van der Waals surface area contributed by atoms with E-state index >= 15 is 0 Å². The van der Waals surface area contributed by atoms with Crippen LogP contribution in [0, 0.1) is 5.92 Å². The molecule has 0 saturated carbocycles. The molecule has 0 aromatic carbocycles. The first-order valence-electron chi connectivity index (χ1n) is 6.59. The van der Waals surface area contributed by atoms with Crippen LogP contribution in [0.1, 0.15) is 26.2 Å². The van der Waals surface area contributed by atoms with Crippen molar-refractivity contribution >= 4 is 27.5 Å². The van der Waals surface area contributed by atoms with Gasteiger partial charge in [-0.3, -0.25) is 0 Å². The van der Waals surface area contributed by atoms with Gasteiger partial charge >= 0.3 is 0 Å². The fraction of sp³-hybridized carbons (Fsp3) is 0.538. The molecule has 0 fully saturated rings. The van der Waals surface area contributed by atoms with Crippen LogP contribution in [-0.2, 0) is 0 Å². The summed E-state index contributed by atoms with van der Waals surface area (Å²) in [7, 11) is 0. The maximum absolute atomic E-state index is 9.04. The molecule has 2 aromatic heterocycles. The molecule has 2 heterocycles. The molecule has 0 aliphatic carbocycles. The molecule has 19 heavy (non-hydrogen) atoms. The van der Waals surface area contributed by atoms with Gasteiger partial charge in [-0.15, -0.1) is 5.10 Å². The van der Waals surface area contributed by atoms with Crippen LogP contribution in [0.15, 0.2) is 22.8 Å². The molecule has 6 heteroatoms. The van der Waals surface area contributed by atoms with Crippen molar-refractivity contribution in [2.24, 2.45) is 5.92 Å². The zero-order chi connectivity index (χ0) is 13.7. The third-order valence-corrected chi connectivity index (χ3v) is 3.55. The third-order valence-electron chi connectivity index (χ3n) is 3.08. The van der Waals surface area contributed by atoms with Crippen LogP contribution in [0.2, 0.25) is 0 Å². The number of fused-ring (bicyclic) bond motifs is 1. The van der Waals surface area contributed by atoms with Crippen LogP contribution in [0.5, 0.6) is 0 Å².